The predicted octanol–water partition coefficient (Wildman–Crippen LogP) is 1.06. The zero-order valence-corrected chi connectivity index (χ0v) is 10.5. The van der Waals surface area contributed by atoms with Crippen LogP contribution in [0.3, 0.4) is 0 Å². The molecular formula is C13H13N5O. The molecule has 0 fully saturated rings. The zero-order chi connectivity index (χ0) is 13.2. The van der Waals surface area contributed by atoms with Crippen LogP contribution in [0.1, 0.15) is 12.6 Å². The number of rotatable bonds is 3. The monoisotopic (exact) mass is 255 g/mol. The van der Waals surface area contributed by atoms with Gasteiger partial charge in [0, 0.05) is 25.1 Å². The van der Waals surface area contributed by atoms with E-state index in [-0.39, 0.29) is 5.56 Å². The van der Waals surface area contributed by atoms with E-state index in [0.717, 1.165) is 12.2 Å². The Labute approximate surface area is 109 Å². The lowest BCUT2D eigenvalue weighted by atomic mass is 10.3. The van der Waals surface area contributed by atoms with Gasteiger partial charge in [-0.05, 0) is 13.0 Å². The molecule has 0 radical (unpaired) electrons. The molecule has 0 aliphatic carbocycles. The molecule has 96 valence electrons. The summed E-state index contributed by atoms with van der Waals surface area (Å²) in [6.07, 6.45) is 8.28. The first kappa shape index (κ1) is 11.6. The van der Waals surface area contributed by atoms with Crippen LogP contribution >= 0.6 is 0 Å². The molecule has 0 atom stereocenters. The molecule has 0 unspecified atom stereocenters. The Kier molecular flexibility index (Phi) is 2.83. The van der Waals surface area contributed by atoms with Crippen molar-refractivity contribution in [2.24, 2.45) is 0 Å². The van der Waals surface area contributed by atoms with E-state index >= 15 is 0 Å². The standard InChI is InChI=1S/C13H13N5O/c1-2-17-8-15-5-10(17)7-18-9-16-12-3-4-14-6-11(12)13(18)19/h3-6,8-9H,2,7H2,1H3. The van der Waals surface area contributed by atoms with Gasteiger partial charge in [-0.2, -0.15) is 0 Å². The first-order valence-corrected chi connectivity index (χ1v) is 6.07. The Morgan fingerprint density at radius 1 is 1.16 bits per heavy atom. The highest BCUT2D eigenvalue weighted by molar-refractivity contribution is 5.75. The fourth-order valence-electron chi connectivity index (χ4n) is 2.06. The average molecular weight is 255 g/mol. The molecule has 3 rings (SSSR count). The Morgan fingerprint density at radius 3 is 2.89 bits per heavy atom. The lowest BCUT2D eigenvalue weighted by molar-refractivity contribution is 0.652. The van der Waals surface area contributed by atoms with Crippen molar-refractivity contribution >= 4 is 10.9 Å². The molecule has 0 aromatic carbocycles. The molecule has 0 aliphatic rings. The molecule has 0 spiro atoms. The number of hydrogen-bond donors (Lipinski definition) is 0. The SMILES string of the molecule is CCn1cncc1Cn1cnc2ccncc2c1=O. The van der Waals surface area contributed by atoms with Crippen LogP contribution < -0.4 is 5.56 Å². The van der Waals surface area contributed by atoms with Gasteiger partial charge in [-0.3, -0.25) is 14.3 Å². The molecular weight excluding hydrogens is 242 g/mol. The average Bonchev–Trinajstić information content (AvgIpc) is 2.89. The summed E-state index contributed by atoms with van der Waals surface area (Å²) in [7, 11) is 0. The Bertz CT molecular complexity index is 774. The van der Waals surface area contributed by atoms with Crippen LogP contribution in [-0.4, -0.2) is 24.1 Å². The molecule has 0 aliphatic heterocycles. The number of fused-ring (bicyclic) bond motifs is 1. The summed E-state index contributed by atoms with van der Waals surface area (Å²) in [4.78, 5) is 24.6. The van der Waals surface area contributed by atoms with Crippen LogP contribution in [0.25, 0.3) is 10.9 Å². The van der Waals surface area contributed by atoms with Gasteiger partial charge in [0.25, 0.3) is 5.56 Å². The third-order valence-corrected chi connectivity index (χ3v) is 3.10. The lowest BCUT2D eigenvalue weighted by Gasteiger charge is -2.08. The highest BCUT2D eigenvalue weighted by atomic mass is 16.1. The number of aromatic nitrogens is 5. The van der Waals surface area contributed by atoms with Crippen molar-refractivity contribution in [2.45, 2.75) is 20.0 Å². The van der Waals surface area contributed by atoms with Gasteiger partial charge in [0.15, 0.2) is 0 Å². The van der Waals surface area contributed by atoms with Crippen molar-refractivity contribution in [3.05, 3.63) is 53.4 Å². The molecule has 0 N–H and O–H groups in total. The highest BCUT2D eigenvalue weighted by Gasteiger charge is 2.06. The summed E-state index contributed by atoms with van der Waals surface area (Å²) in [6.45, 7) is 3.33. The minimum atomic E-state index is -0.0815. The number of imidazole rings is 1. The number of aryl methyl sites for hydroxylation is 1. The van der Waals surface area contributed by atoms with Gasteiger partial charge in [0.1, 0.15) is 0 Å². The van der Waals surface area contributed by atoms with E-state index in [9.17, 15) is 4.79 Å². The summed E-state index contributed by atoms with van der Waals surface area (Å²) < 4.78 is 3.58. The normalized spacial score (nSPS) is 11.0. The second-order valence-electron chi connectivity index (χ2n) is 4.24. The van der Waals surface area contributed by atoms with Gasteiger partial charge in [0.2, 0.25) is 0 Å². The van der Waals surface area contributed by atoms with E-state index in [2.05, 4.69) is 15.0 Å². The van der Waals surface area contributed by atoms with E-state index in [1.807, 2.05) is 11.5 Å². The molecule has 19 heavy (non-hydrogen) atoms. The second-order valence-corrected chi connectivity index (χ2v) is 4.24. The smallest absolute Gasteiger partial charge is 0.263 e. The van der Waals surface area contributed by atoms with Gasteiger partial charge in [-0.25, -0.2) is 9.97 Å². The summed E-state index contributed by atoms with van der Waals surface area (Å²) >= 11 is 0. The third-order valence-electron chi connectivity index (χ3n) is 3.10. The molecule has 3 aromatic heterocycles. The van der Waals surface area contributed by atoms with Crippen LogP contribution in [0.5, 0.6) is 0 Å². The van der Waals surface area contributed by atoms with Crippen LogP contribution in [0, 0.1) is 0 Å². The molecule has 0 saturated carbocycles. The summed E-state index contributed by atoms with van der Waals surface area (Å²) in [5.74, 6) is 0. The summed E-state index contributed by atoms with van der Waals surface area (Å²) in [6, 6.07) is 1.73. The van der Waals surface area contributed by atoms with E-state index < -0.39 is 0 Å². The number of nitrogens with zero attached hydrogens (tertiary/aromatic N) is 5. The summed E-state index contributed by atoms with van der Waals surface area (Å²) in [5, 5.41) is 0.535. The number of hydrogen-bond acceptors (Lipinski definition) is 4. The lowest BCUT2D eigenvalue weighted by Crippen LogP contribution is -2.22. The van der Waals surface area contributed by atoms with E-state index in [0.29, 0.717) is 17.4 Å². The maximum atomic E-state index is 12.3. The highest BCUT2D eigenvalue weighted by Crippen LogP contribution is 2.05. The molecule has 6 heteroatoms. The Balaban J connectivity index is 2.07. The van der Waals surface area contributed by atoms with E-state index in [1.54, 1.807) is 41.9 Å². The predicted molar refractivity (Wildman–Crippen MR) is 70.8 cm³/mol. The van der Waals surface area contributed by atoms with Crippen LogP contribution in [-0.2, 0) is 13.1 Å². The number of pyridine rings is 1. The Hall–Kier alpha value is -2.50. The van der Waals surface area contributed by atoms with Crippen molar-refractivity contribution in [3.8, 4) is 0 Å². The fourth-order valence-corrected chi connectivity index (χ4v) is 2.06. The van der Waals surface area contributed by atoms with Gasteiger partial charge in [0.05, 0.1) is 35.8 Å². The maximum absolute atomic E-state index is 12.3. The van der Waals surface area contributed by atoms with Gasteiger partial charge in [-0.15, -0.1) is 0 Å². The zero-order valence-electron chi connectivity index (χ0n) is 10.5. The van der Waals surface area contributed by atoms with Crippen molar-refractivity contribution in [3.63, 3.8) is 0 Å². The van der Waals surface area contributed by atoms with Gasteiger partial charge >= 0.3 is 0 Å². The molecule has 0 bridgehead atoms. The van der Waals surface area contributed by atoms with E-state index in [4.69, 9.17) is 0 Å². The van der Waals surface area contributed by atoms with Crippen molar-refractivity contribution in [1.82, 2.24) is 24.1 Å². The molecule has 3 heterocycles. The fraction of sp³-hybridized carbons (Fsp3) is 0.231. The maximum Gasteiger partial charge on any atom is 0.263 e. The molecule has 0 amide bonds. The third kappa shape index (κ3) is 2.01. The van der Waals surface area contributed by atoms with Crippen LogP contribution in [0.2, 0.25) is 0 Å². The first-order valence-electron chi connectivity index (χ1n) is 6.07. The first-order chi connectivity index (χ1) is 9.29. The van der Waals surface area contributed by atoms with Gasteiger partial charge < -0.3 is 4.57 Å². The largest absolute Gasteiger partial charge is 0.333 e. The minimum Gasteiger partial charge on any atom is -0.333 e. The minimum absolute atomic E-state index is 0.0815. The molecule has 6 nitrogen and oxygen atoms in total. The van der Waals surface area contributed by atoms with Crippen molar-refractivity contribution in [1.29, 1.82) is 0 Å². The summed E-state index contributed by atoms with van der Waals surface area (Å²) in [5.41, 5.74) is 1.57. The van der Waals surface area contributed by atoms with E-state index in [1.165, 1.54) is 0 Å². The Morgan fingerprint density at radius 2 is 2.05 bits per heavy atom. The topological polar surface area (TPSA) is 65.6 Å². The van der Waals surface area contributed by atoms with Crippen LogP contribution in [0.4, 0.5) is 0 Å². The molecule has 3 aromatic rings. The second kappa shape index (κ2) is 4.64. The van der Waals surface area contributed by atoms with Crippen molar-refractivity contribution in [2.75, 3.05) is 0 Å². The quantitative estimate of drug-likeness (QED) is 0.701. The molecule has 0 saturated heterocycles. The van der Waals surface area contributed by atoms with Crippen LogP contribution in [0.15, 0.2) is 42.1 Å². The van der Waals surface area contributed by atoms with Gasteiger partial charge in [-0.1, -0.05) is 0 Å². The van der Waals surface area contributed by atoms with Crippen molar-refractivity contribution < 1.29 is 0 Å².